The van der Waals surface area contributed by atoms with Gasteiger partial charge in [-0.2, -0.15) is 4.31 Å². The Balaban J connectivity index is 1.32. The fraction of sp³-hybridized carbons (Fsp3) is 0.545. The van der Waals surface area contributed by atoms with Crippen LogP contribution in [0.25, 0.3) is 0 Å². The molecule has 2 saturated heterocycles. The van der Waals surface area contributed by atoms with Crippen molar-refractivity contribution in [3.05, 3.63) is 48.7 Å². The second-order valence-corrected chi connectivity index (χ2v) is 10.2. The highest BCUT2D eigenvalue weighted by molar-refractivity contribution is 7.89. The van der Waals surface area contributed by atoms with Crippen LogP contribution in [-0.4, -0.2) is 61.2 Å². The molecule has 1 unspecified atom stereocenters. The molecule has 0 radical (unpaired) electrons. The molecular weight excluding hydrogens is 416 g/mol. The van der Waals surface area contributed by atoms with Gasteiger partial charge in [-0.3, -0.25) is 14.7 Å². The van der Waals surface area contributed by atoms with E-state index in [2.05, 4.69) is 15.2 Å². The number of nitrogens with zero attached hydrogens (tertiary/aromatic N) is 3. The van der Waals surface area contributed by atoms with E-state index in [-0.39, 0.29) is 22.8 Å². The zero-order chi connectivity index (χ0) is 21.7. The highest BCUT2D eigenvalue weighted by atomic mass is 32.2. The van der Waals surface area contributed by atoms with Crippen LogP contribution in [0, 0.1) is 5.92 Å². The maximum Gasteiger partial charge on any atom is 0.244 e. The average Bonchev–Trinajstić information content (AvgIpc) is 3.35. The number of hydrogen-bond donors (Lipinski definition) is 1. The maximum atomic E-state index is 12.8. The topological polar surface area (TPSA) is 95.8 Å². The number of sulfonamides is 1. The van der Waals surface area contributed by atoms with Gasteiger partial charge >= 0.3 is 0 Å². The SMILES string of the molecule is O=C(NCC(c1ccco1)N1CCCCC1)C1CCN(S(=O)(=O)c2cccnc2)CC1. The molecule has 4 heterocycles. The van der Waals surface area contributed by atoms with E-state index in [1.54, 1.807) is 24.6 Å². The molecule has 1 amide bonds. The number of likely N-dealkylation sites (tertiary alicyclic amines) is 1. The lowest BCUT2D eigenvalue weighted by Crippen LogP contribution is -2.45. The molecule has 2 aliphatic rings. The van der Waals surface area contributed by atoms with Crippen LogP contribution in [0.5, 0.6) is 0 Å². The molecule has 4 rings (SSSR count). The Hall–Kier alpha value is -2.23. The smallest absolute Gasteiger partial charge is 0.244 e. The molecule has 0 aliphatic carbocycles. The molecule has 0 saturated carbocycles. The fourth-order valence-corrected chi connectivity index (χ4v) is 5.90. The number of pyridine rings is 1. The number of aromatic nitrogens is 1. The van der Waals surface area contributed by atoms with Gasteiger partial charge in [0.25, 0.3) is 0 Å². The van der Waals surface area contributed by atoms with Crippen LogP contribution in [-0.2, 0) is 14.8 Å². The lowest BCUT2D eigenvalue weighted by atomic mass is 9.97. The number of hydrogen-bond acceptors (Lipinski definition) is 6. The predicted octanol–water partition coefficient (Wildman–Crippen LogP) is 2.42. The zero-order valence-corrected chi connectivity index (χ0v) is 18.5. The monoisotopic (exact) mass is 446 g/mol. The second kappa shape index (κ2) is 9.93. The molecule has 0 spiro atoms. The first kappa shape index (κ1) is 22.0. The number of rotatable bonds is 7. The van der Waals surface area contributed by atoms with Gasteiger partial charge in [0.15, 0.2) is 0 Å². The molecule has 8 nitrogen and oxygen atoms in total. The molecule has 1 N–H and O–H groups in total. The van der Waals surface area contributed by atoms with E-state index in [1.807, 2.05) is 12.1 Å². The first-order chi connectivity index (χ1) is 15.1. The predicted molar refractivity (Wildman–Crippen MR) is 116 cm³/mol. The molecule has 1 atom stereocenters. The third-order valence-corrected chi connectivity index (χ3v) is 8.15. The van der Waals surface area contributed by atoms with Crippen molar-refractivity contribution < 1.29 is 17.6 Å². The van der Waals surface area contributed by atoms with Crippen LogP contribution in [0.4, 0.5) is 0 Å². The van der Waals surface area contributed by atoms with Crippen molar-refractivity contribution in [2.75, 3.05) is 32.7 Å². The second-order valence-electron chi connectivity index (χ2n) is 8.24. The molecule has 2 aliphatic heterocycles. The van der Waals surface area contributed by atoms with Crippen molar-refractivity contribution in [3.63, 3.8) is 0 Å². The Morgan fingerprint density at radius 2 is 1.90 bits per heavy atom. The van der Waals surface area contributed by atoms with Crippen molar-refractivity contribution in [3.8, 4) is 0 Å². The van der Waals surface area contributed by atoms with Crippen molar-refractivity contribution in [1.29, 1.82) is 0 Å². The summed E-state index contributed by atoms with van der Waals surface area (Å²) >= 11 is 0. The van der Waals surface area contributed by atoms with Gasteiger partial charge < -0.3 is 9.73 Å². The van der Waals surface area contributed by atoms with Gasteiger partial charge in [-0.25, -0.2) is 8.42 Å². The van der Waals surface area contributed by atoms with E-state index in [9.17, 15) is 13.2 Å². The van der Waals surface area contributed by atoms with E-state index in [0.29, 0.717) is 32.5 Å². The number of carbonyl (C=O) groups excluding carboxylic acids is 1. The first-order valence-electron chi connectivity index (χ1n) is 11.0. The third-order valence-electron chi connectivity index (χ3n) is 6.27. The number of carbonyl (C=O) groups is 1. The standard InChI is InChI=1S/C22H30N4O4S/c27-22(24-17-20(21-7-5-15-30-21)25-11-2-1-3-12-25)18-8-13-26(14-9-18)31(28,29)19-6-4-10-23-16-19/h4-7,10,15-16,18,20H,1-3,8-9,11-14,17H2,(H,24,27). The summed E-state index contributed by atoms with van der Waals surface area (Å²) < 4.78 is 32.6. The molecule has 2 fully saturated rings. The largest absolute Gasteiger partial charge is 0.468 e. The van der Waals surface area contributed by atoms with E-state index < -0.39 is 10.0 Å². The first-order valence-corrected chi connectivity index (χ1v) is 12.4. The number of amides is 1. The van der Waals surface area contributed by atoms with Crippen LogP contribution < -0.4 is 5.32 Å². The summed E-state index contributed by atoms with van der Waals surface area (Å²) in [5.74, 6) is 0.686. The summed E-state index contributed by atoms with van der Waals surface area (Å²) in [5.41, 5.74) is 0. The molecule has 2 aromatic rings. The Labute approximate surface area is 183 Å². The molecule has 2 aromatic heterocycles. The highest BCUT2D eigenvalue weighted by Gasteiger charge is 2.33. The van der Waals surface area contributed by atoms with Crippen molar-refractivity contribution >= 4 is 15.9 Å². The summed E-state index contributed by atoms with van der Waals surface area (Å²) in [6, 6.07) is 7.05. The normalized spacial score (nSPS) is 20.4. The van der Waals surface area contributed by atoms with Crippen molar-refractivity contribution in [2.24, 2.45) is 5.92 Å². The van der Waals surface area contributed by atoms with Crippen LogP contribution in [0.3, 0.4) is 0 Å². The van der Waals surface area contributed by atoms with E-state index in [4.69, 9.17) is 4.42 Å². The fourth-order valence-electron chi connectivity index (χ4n) is 4.47. The Bertz CT molecular complexity index is 935. The molecule has 168 valence electrons. The number of piperidine rings is 2. The summed E-state index contributed by atoms with van der Waals surface area (Å²) in [6.45, 7) is 3.18. The zero-order valence-electron chi connectivity index (χ0n) is 17.7. The summed E-state index contributed by atoms with van der Waals surface area (Å²) in [7, 11) is -3.56. The van der Waals surface area contributed by atoms with Crippen LogP contribution >= 0.6 is 0 Å². The average molecular weight is 447 g/mol. The molecule has 9 heteroatoms. The Morgan fingerprint density at radius 3 is 2.55 bits per heavy atom. The maximum absolute atomic E-state index is 12.8. The number of nitrogens with one attached hydrogen (secondary N) is 1. The lowest BCUT2D eigenvalue weighted by Gasteiger charge is -2.34. The van der Waals surface area contributed by atoms with Gasteiger partial charge in [-0.1, -0.05) is 6.42 Å². The van der Waals surface area contributed by atoms with Gasteiger partial charge in [-0.15, -0.1) is 0 Å². The Kier molecular flexibility index (Phi) is 7.04. The van der Waals surface area contributed by atoms with Gasteiger partial charge in [-0.05, 0) is 63.0 Å². The van der Waals surface area contributed by atoms with E-state index in [1.165, 1.54) is 16.9 Å². The highest BCUT2D eigenvalue weighted by Crippen LogP contribution is 2.26. The van der Waals surface area contributed by atoms with Crippen LogP contribution in [0.15, 0.2) is 52.2 Å². The number of furan rings is 1. The summed E-state index contributed by atoms with van der Waals surface area (Å²) in [4.78, 5) is 19.3. The summed E-state index contributed by atoms with van der Waals surface area (Å²) in [6.07, 6.45) is 9.19. The minimum Gasteiger partial charge on any atom is -0.468 e. The van der Waals surface area contributed by atoms with Crippen LogP contribution in [0.1, 0.15) is 43.9 Å². The van der Waals surface area contributed by atoms with Gasteiger partial charge in [0.1, 0.15) is 10.7 Å². The molecule has 31 heavy (non-hydrogen) atoms. The van der Waals surface area contributed by atoms with Crippen molar-refractivity contribution in [1.82, 2.24) is 19.5 Å². The Morgan fingerprint density at radius 1 is 1.13 bits per heavy atom. The van der Waals surface area contributed by atoms with Crippen molar-refractivity contribution in [2.45, 2.75) is 43.0 Å². The van der Waals surface area contributed by atoms with Gasteiger partial charge in [0.2, 0.25) is 15.9 Å². The minimum atomic E-state index is -3.56. The minimum absolute atomic E-state index is 0.00742. The summed E-state index contributed by atoms with van der Waals surface area (Å²) in [5, 5.41) is 3.10. The van der Waals surface area contributed by atoms with E-state index in [0.717, 1.165) is 31.7 Å². The van der Waals surface area contributed by atoms with Gasteiger partial charge in [0, 0.05) is 37.9 Å². The molecule has 0 aromatic carbocycles. The van der Waals surface area contributed by atoms with Gasteiger partial charge in [0.05, 0.1) is 12.3 Å². The lowest BCUT2D eigenvalue weighted by molar-refractivity contribution is -0.126. The quantitative estimate of drug-likeness (QED) is 0.702. The van der Waals surface area contributed by atoms with Crippen LogP contribution in [0.2, 0.25) is 0 Å². The third kappa shape index (κ3) is 5.16. The molecule has 0 bridgehead atoms. The van der Waals surface area contributed by atoms with E-state index >= 15 is 0 Å². The molecular formula is C22H30N4O4S.